The van der Waals surface area contributed by atoms with Crippen LogP contribution in [0.5, 0.6) is 0 Å². The van der Waals surface area contributed by atoms with E-state index < -0.39 is 0 Å². The molecule has 0 fully saturated rings. The van der Waals surface area contributed by atoms with Crippen molar-refractivity contribution in [3.05, 3.63) is 29.6 Å². The molecular formula is C11H19Cl2N3O. The van der Waals surface area contributed by atoms with Crippen LogP contribution in [-0.2, 0) is 0 Å². The fraction of sp³-hybridized carbons (Fsp3) is 0.455. The van der Waals surface area contributed by atoms with E-state index in [0.717, 1.165) is 12.2 Å². The van der Waals surface area contributed by atoms with Crippen molar-refractivity contribution < 1.29 is 4.79 Å². The summed E-state index contributed by atoms with van der Waals surface area (Å²) in [5.41, 5.74) is 1.37. The molecule has 1 amide bonds. The summed E-state index contributed by atoms with van der Waals surface area (Å²) < 4.78 is 0. The van der Waals surface area contributed by atoms with Gasteiger partial charge in [-0.05, 0) is 26.1 Å². The van der Waals surface area contributed by atoms with Crippen molar-refractivity contribution in [3.63, 3.8) is 0 Å². The zero-order chi connectivity index (χ0) is 11.3. The maximum absolute atomic E-state index is 11.8. The summed E-state index contributed by atoms with van der Waals surface area (Å²) in [6.45, 7) is 3.35. The Labute approximate surface area is 115 Å². The average molecular weight is 280 g/mol. The molecule has 0 aromatic carbocycles. The minimum Gasteiger partial charge on any atom is -0.339 e. The Morgan fingerprint density at radius 2 is 2.06 bits per heavy atom. The zero-order valence-corrected chi connectivity index (χ0v) is 11.9. The molecule has 1 aromatic heterocycles. The summed E-state index contributed by atoms with van der Waals surface area (Å²) in [7, 11) is 3.65. The molecule has 0 saturated carbocycles. The van der Waals surface area contributed by atoms with Crippen molar-refractivity contribution >= 4 is 30.7 Å². The Kier molecular flexibility index (Phi) is 10.0. The third kappa shape index (κ3) is 5.86. The molecule has 0 spiro atoms. The van der Waals surface area contributed by atoms with E-state index in [-0.39, 0.29) is 30.7 Å². The van der Waals surface area contributed by atoms with Gasteiger partial charge in [0.15, 0.2) is 0 Å². The Morgan fingerprint density at radius 1 is 1.41 bits per heavy atom. The van der Waals surface area contributed by atoms with E-state index in [0.29, 0.717) is 12.2 Å². The third-order valence-electron chi connectivity index (χ3n) is 2.15. The normalized spacial score (nSPS) is 8.88. The van der Waals surface area contributed by atoms with Crippen molar-refractivity contribution in [3.8, 4) is 0 Å². The fourth-order valence-corrected chi connectivity index (χ4v) is 1.24. The molecule has 1 heterocycles. The van der Waals surface area contributed by atoms with Gasteiger partial charge in [0.2, 0.25) is 0 Å². The van der Waals surface area contributed by atoms with Gasteiger partial charge in [-0.15, -0.1) is 24.8 Å². The van der Waals surface area contributed by atoms with E-state index in [2.05, 4.69) is 10.3 Å². The highest BCUT2D eigenvalue weighted by molar-refractivity contribution is 5.92. The van der Waals surface area contributed by atoms with Gasteiger partial charge < -0.3 is 10.2 Å². The lowest BCUT2D eigenvalue weighted by molar-refractivity contribution is 0.0791. The van der Waals surface area contributed by atoms with Crippen LogP contribution in [0.15, 0.2) is 18.2 Å². The second-order valence-electron chi connectivity index (χ2n) is 3.49. The van der Waals surface area contributed by atoms with Crippen LogP contribution >= 0.6 is 24.8 Å². The lowest BCUT2D eigenvalue weighted by Gasteiger charge is -2.16. The highest BCUT2D eigenvalue weighted by Gasteiger charge is 2.11. The summed E-state index contributed by atoms with van der Waals surface area (Å²) >= 11 is 0. The van der Waals surface area contributed by atoms with Gasteiger partial charge in [0.05, 0.1) is 0 Å². The smallest absolute Gasteiger partial charge is 0.272 e. The molecule has 17 heavy (non-hydrogen) atoms. The van der Waals surface area contributed by atoms with E-state index in [4.69, 9.17) is 0 Å². The molecule has 0 atom stereocenters. The Balaban J connectivity index is 0. The number of rotatable bonds is 4. The second kappa shape index (κ2) is 9.22. The van der Waals surface area contributed by atoms with Crippen molar-refractivity contribution in [2.75, 3.05) is 27.2 Å². The summed E-state index contributed by atoms with van der Waals surface area (Å²) in [6, 6.07) is 5.47. The number of pyridine rings is 1. The van der Waals surface area contributed by atoms with E-state index in [1.165, 1.54) is 0 Å². The summed E-state index contributed by atoms with van der Waals surface area (Å²) in [6.07, 6.45) is 0. The first-order valence-corrected chi connectivity index (χ1v) is 4.99. The molecule has 0 bridgehead atoms. The largest absolute Gasteiger partial charge is 0.339 e. The maximum atomic E-state index is 11.8. The standard InChI is InChI=1S/C11H17N3O.2ClH/c1-9-5-4-6-10(13-9)11(15)14(3)8-7-12-2;;/h4-6,12H,7-8H2,1-3H3;2*1H. The van der Waals surface area contributed by atoms with E-state index in [1.54, 1.807) is 18.0 Å². The highest BCUT2D eigenvalue weighted by atomic mass is 35.5. The van der Waals surface area contributed by atoms with Gasteiger partial charge in [0.25, 0.3) is 5.91 Å². The number of nitrogens with one attached hydrogen (secondary N) is 1. The van der Waals surface area contributed by atoms with Gasteiger partial charge in [-0.1, -0.05) is 6.07 Å². The number of hydrogen-bond donors (Lipinski definition) is 1. The Morgan fingerprint density at radius 3 is 2.59 bits per heavy atom. The molecule has 6 heteroatoms. The lowest BCUT2D eigenvalue weighted by atomic mass is 10.3. The van der Waals surface area contributed by atoms with Gasteiger partial charge in [-0.25, -0.2) is 4.98 Å². The molecular weight excluding hydrogens is 261 g/mol. The number of carbonyl (C=O) groups excluding carboxylic acids is 1. The number of aromatic nitrogens is 1. The Bertz CT molecular complexity index is 347. The van der Waals surface area contributed by atoms with Gasteiger partial charge in [-0.3, -0.25) is 4.79 Å². The van der Waals surface area contributed by atoms with Crippen LogP contribution in [0.25, 0.3) is 0 Å². The molecule has 1 aromatic rings. The van der Waals surface area contributed by atoms with Gasteiger partial charge in [-0.2, -0.15) is 0 Å². The molecule has 4 nitrogen and oxygen atoms in total. The quantitative estimate of drug-likeness (QED) is 0.909. The molecule has 1 rings (SSSR count). The molecule has 0 aliphatic rings. The van der Waals surface area contributed by atoms with E-state index in [9.17, 15) is 4.79 Å². The highest BCUT2D eigenvalue weighted by Crippen LogP contribution is 2.01. The fourth-order valence-electron chi connectivity index (χ4n) is 1.24. The number of nitrogens with zero attached hydrogens (tertiary/aromatic N) is 2. The first kappa shape index (κ1) is 18.5. The van der Waals surface area contributed by atoms with Crippen molar-refractivity contribution in [2.45, 2.75) is 6.92 Å². The monoisotopic (exact) mass is 279 g/mol. The molecule has 0 unspecified atom stereocenters. The maximum Gasteiger partial charge on any atom is 0.272 e. The predicted molar refractivity (Wildman–Crippen MR) is 74.4 cm³/mol. The van der Waals surface area contributed by atoms with Crippen LogP contribution in [-0.4, -0.2) is 43.0 Å². The molecule has 1 N–H and O–H groups in total. The number of amides is 1. The van der Waals surface area contributed by atoms with Crippen molar-refractivity contribution in [2.24, 2.45) is 0 Å². The molecule has 98 valence electrons. The SMILES string of the molecule is CNCCN(C)C(=O)c1cccc(C)n1.Cl.Cl. The number of hydrogen-bond acceptors (Lipinski definition) is 3. The van der Waals surface area contributed by atoms with Gasteiger partial charge in [0, 0.05) is 25.8 Å². The minimum atomic E-state index is -0.0334. The van der Waals surface area contributed by atoms with Crippen LogP contribution in [0.4, 0.5) is 0 Å². The number of likely N-dealkylation sites (N-methyl/N-ethyl adjacent to an activating group) is 2. The van der Waals surface area contributed by atoms with Crippen molar-refractivity contribution in [1.82, 2.24) is 15.2 Å². The van der Waals surface area contributed by atoms with Gasteiger partial charge >= 0.3 is 0 Å². The molecule has 0 aliphatic carbocycles. The van der Waals surface area contributed by atoms with Crippen LogP contribution in [0, 0.1) is 6.92 Å². The average Bonchev–Trinajstić information content (AvgIpc) is 2.24. The summed E-state index contributed by atoms with van der Waals surface area (Å²) in [5, 5.41) is 3.00. The van der Waals surface area contributed by atoms with Gasteiger partial charge in [0.1, 0.15) is 5.69 Å². The van der Waals surface area contributed by atoms with Crippen LogP contribution in [0.2, 0.25) is 0 Å². The number of carbonyl (C=O) groups is 1. The molecule has 0 aliphatic heterocycles. The van der Waals surface area contributed by atoms with Crippen molar-refractivity contribution in [1.29, 1.82) is 0 Å². The number of aryl methyl sites for hydroxylation is 1. The summed E-state index contributed by atoms with van der Waals surface area (Å²) in [4.78, 5) is 17.7. The lowest BCUT2D eigenvalue weighted by Crippen LogP contribution is -2.33. The number of halogens is 2. The molecule has 0 radical (unpaired) electrons. The second-order valence-corrected chi connectivity index (χ2v) is 3.49. The third-order valence-corrected chi connectivity index (χ3v) is 2.15. The first-order valence-electron chi connectivity index (χ1n) is 4.99. The zero-order valence-electron chi connectivity index (χ0n) is 10.3. The summed E-state index contributed by atoms with van der Waals surface area (Å²) in [5.74, 6) is -0.0334. The van der Waals surface area contributed by atoms with Crippen LogP contribution in [0.1, 0.15) is 16.2 Å². The van der Waals surface area contributed by atoms with E-state index in [1.807, 2.05) is 26.1 Å². The van der Waals surface area contributed by atoms with E-state index >= 15 is 0 Å². The topological polar surface area (TPSA) is 45.2 Å². The first-order chi connectivity index (χ1) is 7.15. The predicted octanol–water partition coefficient (Wildman–Crippen LogP) is 1.53. The Hall–Kier alpha value is -0.840. The van der Waals surface area contributed by atoms with Crippen LogP contribution < -0.4 is 5.32 Å². The minimum absolute atomic E-state index is 0. The van der Waals surface area contributed by atoms with Crippen LogP contribution in [0.3, 0.4) is 0 Å². The molecule has 0 saturated heterocycles.